The van der Waals surface area contributed by atoms with Gasteiger partial charge in [0, 0.05) is 5.92 Å². The normalized spacial score (nSPS) is 20.8. The van der Waals surface area contributed by atoms with Crippen LogP contribution in [0.1, 0.15) is 48.4 Å². The molecule has 3 rings (SSSR count). The van der Waals surface area contributed by atoms with E-state index in [4.69, 9.17) is 0 Å². The van der Waals surface area contributed by atoms with Crippen LogP contribution in [0.25, 0.3) is 5.57 Å². The van der Waals surface area contributed by atoms with Gasteiger partial charge < -0.3 is 0 Å². The van der Waals surface area contributed by atoms with Gasteiger partial charge in [0.15, 0.2) is 0 Å². The highest BCUT2D eigenvalue weighted by Crippen LogP contribution is 2.39. The first-order valence-corrected chi connectivity index (χ1v) is 8.86. The van der Waals surface area contributed by atoms with E-state index in [0.717, 1.165) is 5.92 Å². The SMILES string of the molecule is C=C/C=C(\C=C/C)c1cccc([C@@H]2C[C@@H](C)Cc3ccccc32)c1. The molecule has 2 aromatic rings. The summed E-state index contributed by atoms with van der Waals surface area (Å²) in [4.78, 5) is 0. The topological polar surface area (TPSA) is 0 Å². The summed E-state index contributed by atoms with van der Waals surface area (Å²) < 4.78 is 0. The number of rotatable bonds is 4. The Balaban J connectivity index is 2.03. The van der Waals surface area contributed by atoms with Gasteiger partial charge in [-0.25, -0.2) is 0 Å². The predicted octanol–water partition coefficient (Wildman–Crippen LogP) is 6.55. The molecule has 2 aromatic carbocycles. The third-order valence-electron chi connectivity index (χ3n) is 4.90. The molecule has 0 bridgehead atoms. The first-order valence-electron chi connectivity index (χ1n) is 8.86. The van der Waals surface area contributed by atoms with Gasteiger partial charge in [0.2, 0.25) is 0 Å². The van der Waals surface area contributed by atoms with Crippen LogP contribution in [-0.2, 0) is 6.42 Å². The van der Waals surface area contributed by atoms with Gasteiger partial charge in [-0.15, -0.1) is 0 Å². The van der Waals surface area contributed by atoms with Gasteiger partial charge >= 0.3 is 0 Å². The van der Waals surface area contributed by atoms with Crippen molar-refractivity contribution in [2.45, 2.75) is 32.6 Å². The molecule has 0 heteroatoms. The number of allylic oxidation sites excluding steroid dienone is 5. The van der Waals surface area contributed by atoms with Crippen LogP contribution in [0.4, 0.5) is 0 Å². The van der Waals surface area contributed by atoms with Gasteiger partial charge in [0.1, 0.15) is 0 Å². The van der Waals surface area contributed by atoms with Crippen molar-refractivity contribution in [3.63, 3.8) is 0 Å². The second-order valence-corrected chi connectivity index (χ2v) is 6.78. The van der Waals surface area contributed by atoms with Crippen LogP contribution in [0.5, 0.6) is 0 Å². The van der Waals surface area contributed by atoms with E-state index in [9.17, 15) is 0 Å². The van der Waals surface area contributed by atoms with Crippen LogP contribution >= 0.6 is 0 Å². The van der Waals surface area contributed by atoms with Gasteiger partial charge in [-0.2, -0.15) is 0 Å². The van der Waals surface area contributed by atoms with E-state index in [2.05, 4.69) is 87.2 Å². The lowest BCUT2D eigenvalue weighted by molar-refractivity contribution is 0.464. The molecule has 0 fully saturated rings. The molecule has 1 aliphatic carbocycles. The van der Waals surface area contributed by atoms with Crippen LogP contribution in [0.3, 0.4) is 0 Å². The number of benzene rings is 2. The Morgan fingerprint density at radius 3 is 2.75 bits per heavy atom. The molecule has 0 aromatic heterocycles. The lowest BCUT2D eigenvalue weighted by Gasteiger charge is -2.30. The van der Waals surface area contributed by atoms with E-state index in [1.165, 1.54) is 40.7 Å². The van der Waals surface area contributed by atoms with Crippen molar-refractivity contribution in [1.82, 2.24) is 0 Å². The minimum atomic E-state index is 0.500. The van der Waals surface area contributed by atoms with Crippen molar-refractivity contribution in [2.75, 3.05) is 0 Å². The molecule has 0 nitrogen and oxygen atoms in total. The quantitative estimate of drug-likeness (QED) is 0.562. The minimum Gasteiger partial charge on any atom is -0.0990 e. The molecule has 0 amide bonds. The highest BCUT2D eigenvalue weighted by Gasteiger charge is 2.25. The number of fused-ring (bicyclic) bond motifs is 1. The van der Waals surface area contributed by atoms with E-state index in [-0.39, 0.29) is 0 Å². The zero-order valence-electron chi connectivity index (χ0n) is 14.7. The predicted molar refractivity (Wildman–Crippen MR) is 105 cm³/mol. The summed E-state index contributed by atoms with van der Waals surface area (Å²) in [7, 11) is 0. The summed E-state index contributed by atoms with van der Waals surface area (Å²) in [5, 5.41) is 0. The monoisotopic (exact) mass is 314 g/mol. The molecule has 0 saturated carbocycles. The highest BCUT2D eigenvalue weighted by molar-refractivity contribution is 5.75. The number of hydrogen-bond acceptors (Lipinski definition) is 0. The molecular formula is C24H26. The first-order chi connectivity index (χ1) is 11.7. The Morgan fingerprint density at radius 1 is 1.12 bits per heavy atom. The van der Waals surface area contributed by atoms with Crippen molar-refractivity contribution >= 4 is 5.57 Å². The lowest BCUT2D eigenvalue weighted by Crippen LogP contribution is -2.17. The van der Waals surface area contributed by atoms with Gasteiger partial charge in [0.05, 0.1) is 0 Å². The van der Waals surface area contributed by atoms with E-state index in [1.807, 2.05) is 6.08 Å². The van der Waals surface area contributed by atoms with Crippen molar-refractivity contribution in [1.29, 1.82) is 0 Å². The highest BCUT2D eigenvalue weighted by atomic mass is 14.3. The smallest absolute Gasteiger partial charge is 0.00949 e. The lowest BCUT2D eigenvalue weighted by atomic mass is 9.74. The molecule has 0 heterocycles. The summed E-state index contributed by atoms with van der Waals surface area (Å²) in [6.45, 7) is 8.28. The second kappa shape index (κ2) is 7.49. The number of hydrogen-bond donors (Lipinski definition) is 0. The Bertz CT molecular complexity index is 776. The van der Waals surface area contributed by atoms with Crippen LogP contribution in [0.2, 0.25) is 0 Å². The molecule has 1 aliphatic rings. The van der Waals surface area contributed by atoms with Crippen molar-refractivity contribution < 1.29 is 0 Å². The molecule has 0 radical (unpaired) electrons. The van der Waals surface area contributed by atoms with Crippen LogP contribution in [0, 0.1) is 5.92 Å². The average Bonchev–Trinajstić information content (AvgIpc) is 2.61. The van der Waals surface area contributed by atoms with Gasteiger partial charge in [-0.1, -0.05) is 86.3 Å². The average molecular weight is 314 g/mol. The maximum Gasteiger partial charge on any atom is 0.00949 e. The fourth-order valence-corrected chi connectivity index (χ4v) is 3.85. The maximum absolute atomic E-state index is 3.85. The summed E-state index contributed by atoms with van der Waals surface area (Å²) in [6, 6.07) is 18.0. The van der Waals surface area contributed by atoms with Gasteiger partial charge in [-0.3, -0.25) is 0 Å². The molecule has 0 saturated heterocycles. The summed E-state index contributed by atoms with van der Waals surface area (Å²) in [6.07, 6.45) is 10.6. The first kappa shape index (κ1) is 16.5. The largest absolute Gasteiger partial charge is 0.0990 e. The van der Waals surface area contributed by atoms with E-state index < -0.39 is 0 Å². The van der Waals surface area contributed by atoms with Crippen LogP contribution < -0.4 is 0 Å². The molecule has 0 aliphatic heterocycles. The summed E-state index contributed by atoms with van der Waals surface area (Å²) in [5.74, 6) is 1.23. The molecular weight excluding hydrogens is 288 g/mol. The fourth-order valence-electron chi connectivity index (χ4n) is 3.85. The Labute approximate surface area is 146 Å². The van der Waals surface area contributed by atoms with Crippen molar-refractivity contribution in [3.8, 4) is 0 Å². The summed E-state index contributed by atoms with van der Waals surface area (Å²) in [5.41, 5.74) is 6.92. The van der Waals surface area contributed by atoms with Crippen molar-refractivity contribution in [3.05, 3.63) is 102 Å². The maximum atomic E-state index is 3.85. The summed E-state index contributed by atoms with van der Waals surface area (Å²) >= 11 is 0. The zero-order valence-corrected chi connectivity index (χ0v) is 14.7. The Hall–Kier alpha value is -2.34. The molecule has 0 unspecified atom stereocenters. The minimum absolute atomic E-state index is 0.500. The van der Waals surface area contributed by atoms with Crippen LogP contribution in [0.15, 0.2) is 79.4 Å². The standard InChI is InChI=1S/C24H26/c1-4-9-19(10-5-2)20-12-8-13-22(17-20)24-16-18(3)15-21-11-6-7-14-23(21)24/h4-14,17-18,24H,1,15-16H2,2-3H3/b10-5-,19-9+/t18-,24-/m0/s1. The second-order valence-electron chi connectivity index (χ2n) is 6.78. The molecule has 24 heavy (non-hydrogen) atoms. The van der Waals surface area contributed by atoms with Gasteiger partial charge in [-0.05, 0) is 53.5 Å². The van der Waals surface area contributed by atoms with Gasteiger partial charge in [0.25, 0.3) is 0 Å². The fraction of sp³-hybridized carbons (Fsp3) is 0.250. The molecule has 2 atom stereocenters. The van der Waals surface area contributed by atoms with E-state index >= 15 is 0 Å². The third-order valence-corrected chi connectivity index (χ3v) is 4.90. The molecule has 122 valence electrons. The molecule has 0 spiro atoms. The third kappa shape index (κ3) is 3.43. The Morgan fingerprint density at radius 2 is 1.96 bits per heavy atom. The van der Waals surface area contributed by atoms with Crippen LogP contribution in [-0.4, -0.2) is 0 Å². The van der Waals surface area contributed by atoms with Crippen molar-refractivity contribution in [2.24, 2.45) is 5.92 Å². The molecule has 0 N–H and O–H groups in total. The van der Waals surface area contributed by atoms with E-state index in [0.29, 0.717) is 5.92 Å². The van der Waals surface area contributed by atoms with E-state index in [1.54, 1.807) is 0 Å². The zero-order chi connectivity index (χ0) is 16.9. The Kier molecular flexibility index (Phi) is 5.15.